The monoisotopic (exact) mass is 411 g/mol. The van der Waals surface area contributed by atoms with Gasteiger partial charge >= 0.3 is 0 Å². The second-order valence-electron chi connectivity index (χ2n) is 5.64. The summed E-state index contributed by atoms with van der Waals surface area (Å²) in [7, 11) is 1.58. The smallest absolute Gasteiger partial charge is 0.257 e. The average Bonchev–Trinajstić information content (AvgIpc) is 2.99. The van der Waals surface area contributed by atoms with Gasteiger partial charge in [-0.25, -0.2) is 0 Å². The lowest BCUT2D eigenvalue weighted by Crippen LogP contribution is -2.17. The number of carbonyl (C=O) groups excluding carboxylic acids is 1. The summed E-state index contributed by atoms with van der Waals surface area (Å²) in [6.45, 7) is 0.743. The zero-order chi connectivity index (χ0) is 18.7. The van der Waals surface area contributed by atoms with Crippen molar-refractivity contribution in [2.24, 2.45) is 0 Å². The Morgan fingerprint density at radius 3 is 2.58 bits per heavy atom. The third-order valence-electron chi connectivity index (χ3n) is 3.92. The van der Waals surface area contributed by atoms with Crippen LogP contribution in [0.5, 0.6) is 0 Å². The summed E-state index contributed by atoms with van der Waals surface area (Å²) in [6, 6.07) is 10.7. The number of rotatable bonds is 6. The molecule has 0 N–H and O–H groups in total. The van der Waals surface area contributed by atoms with Crippen LogP contribution in [-0.4, -0.2) is 37.4 Å². The predicted molar refractivity (Wildman–Crippen MR) is 106 cm³/mol. The van der Waals surface area contributed by atoms with Crippen LogP contribution in [0.15, 0.2) is 42.6 Å². The summed E-state index contributed by atoms with van der Waals surface area (Å²) in [6.07, 6.45) is 1.77. The van der Waals surface area contributed by atoms with Crippen molar-refractivity contribution in [3.63, 3.8) is 0 Å². The lowest BCUT2D eigenvalue weighted by atomic mass is 10.1. The van der Waals surface area contributed by atoms with Gasteiger partial charge in [0.1, 0.15) is 6.61 Å². The molecule has 0 aliphatic heterocycles. The fourth-order valence-corrected chi connectivity index (χ4v) is 3.14. The third-order valence-corrected chi connectivity index (χ3v) is 4.90. The molecular formula is C19H16Cl3NO3. The van der Waals surface area contributed by atoms with Gasteiger partial charge in [-0.3, -0.25) is 9.36 Å². The first kappa shape index (κ1) is 19.2. The van der Waals surface area contributed by atoms with Crippen LogP contribution >= 0.6 is 34.8 Å². The molecule has 0 bridgehead atoms. The molecule has 4 nitrogen and oxygen atoms in total. The van der Waals surface area contributed by atoms with Gasteiger partial charge in [0.15, 0.2) is 0 Å². The number of nitrogens with zero attached hydrogens (tertiary/aromatic N) is 1. The van der Waals surface area contributed by atoms with E-state index in [1.165, 1.54) is 0 Å². The van der Waals surface area contributed by atoms with Crippen molar-refractivity contribution in [3.05, 3.63) is 57.7 Å². The van der Waals surface area contributed by atoms with Gasteiger partial charge in [-0.05, 0) is 35.9 Å². The Labute approximate surface area is 166 Å². The SMILES string of the molecule is COCCOCC(=O)n1cc(-c2ccc(Cl)c(Cl)c2)c2cc(Cl)ccc21. The highest BCUT2D eigenvalue weighted by atomic mass is 35.5. The van der Waals surface area contributed by atoms with Gasteiger partial charge in [0.25, 0.3) is 5.91 Å². The first-order chi connectivity index (χ1) is 12.5. The lowest BCUT2D eigenvalue weighted by molar-refractivity contribution is 0.0519. The van der Waals surface area contributed by atoms with Crippen LogP contribution < -0.4 is 0 Å². The molecule has 0 radical (unpaired) electrons. The van der Waals surface area contributed by atoms with E-state index in [9.17, 15) is 4.79 Å². The van der Waals surface area contributed by atoms with E-state index in [0.717, 1.165) is 22.0 Å². The van der Waals surface area contributed by atoms with Crippen molar-refractivity contribution >= 4 is 51.6 Å². The largest absolute Gasteiger partial charge is 0.382 e. The molecule has 0 aliphatic rings. The lowest BCUT2D eigenvalue weighted by Gasteiger charge is -2.05. The molecule has 0 atom stereocenters. The maximum atomic E-state index is 12.6. The number of halogens is 3. The number of benzene rings is 2. The molecule has 0 saturated carbocycles. The van der Waals surface area contributed by atoms with Gasteiger partial charge in [-0.1, -0.05) is 40.9 Å². The molecule has 26 heavy (non-hydrogen) atoms. The quantitative estimate of drug-likeness (QED) is 0.497. The number of fused-ring (bicyclic) bond motifs is 1. The second kappa shape index (κ2) is 8.42. The van der Waals surface area contributed by atoms with E-state index in [2.05, 4.69) is 0 Å². The fourth-order valence-electron chi connectivity index (χ4n) is 2.67. The Hall–Kier alpha value is -1.56. The van der Waals surface area contributed by atoms with Crippen LogP contribution in [-0.2, 0) is 9.47 Å². The van der Waals surface area contributed by atoms with Crippen LogP contribution in [0, 0.1) is 0 Å². The average molecular weight is 413 g/mol. The molecule has 1 heterocycles. The van der Waals surface area contributed by atoms with E-state index in [1.54, 1.807) is 36.1 Å². The summed E-state index contributed by atoms with van der Waals surface area (Å²) in [4.78, 5) is 12.6. The summed E-state index contributed by atoms with van der Waals surface area (Å²) in [5.41, 5.74) is 2.43. The molecule has 0 saturated heterocycles. The Morgan fingerprint density at radius 1 is 1.04 bits per heavy atom. The molecule has 7 heteroatoms. The third kappa shape index (κ3) is 4.05. The minimum atomic E-state index is -0.181. The Balaban J connectivity index is 2.02. The molecular weight excluding hydrogens is 397 g/mol. The van der Waals surface area contributed by atoms with E-state index >= 15 is 0 Å². The fraction of sp³-hybridized carbons (Fsp3) is 0.211. The van der Waals surface area contributed by atoms with Gasteiger partial charge in [0.2, 0.25) is 0 Å². The van der Waals surface area contributed by atoms with E-state index in [-0.39, 0.29) is 12.5 Å². The van der Waals surface area contributed by atoms with Gasteiger partial charge in [0, 0.05) is 29.3 Å². The normalized spacial score (nSPS) is 11.2. The number of methoxy groups -OCH3 is 1. The van der Waals surface area contributed by atoms with Crippen molar-refractivity contribution < 1.29 is 14.3 Å². The van der Waals surface area contributed by atoms with Crippen LogP contribution in [0.2, 0.25) is 15.1 Å². The highest BCUT2D eigenvalue weighted by Crippen LogP contribution is 2.35. The Bertz CT molecular complexity index is 953. The maximum Gasteiger partial charge on any atom is 0.257 e. The molecule has 1 aromatic heterocycles. The maximum absolute atomic E-state index is 12.6. The molecule has 136 valence electrons. The zero-order valence-electron chi connectivity index (χ0n) is 14.0. The van der Waals surface area contributed by atoms with E-state index in [1.807, 2.05) is 18.2 Å². The van der Waals surface area contributed by atoms with Crippen LogP contribution in [0.3, 0.4) is 0 Å². The van der Waals surface area contributed by atoms with Crippen LogP contribution in [0.25, 0.3) is 22.0 Å². The Morgan fingerprint density at radius 2 is 1.85 bits per heavy atom. The van der Waals surface area contributed by atoms with E-state index in [0.29, 0.717) is 28.3 Å². The highest BCUT2D eigenvalue weighted by Gasteiger charge is 2.16. The second-order valence-corrected chi connectivity index (χ2v) is 6.89. The summed E-state index contributed by atoms with van der Waals surface area (Å²) in [5, 5.41) is 2.35. The summed E-state index contributed by atoms with van der Waals surface area (Å²) in [5.74, 6) is -0.181. The topological polar surface area (TPSA) is 40.5 Å². The van der Waals surface area contributed by atoms with Gasteiger partial charge in [-0.15, -0.1) is 0 Å². The van der Waals surface area contributed by atoms with Gasteiger partial charge in [0.05, 0.1) is 28.8 Å². The highest BCUT2D eigenvalue weighted by molar-refractivity contribution is 6.42. The number of hydrogen-bond donors (Lipinski definition) is 0. The predicted octanol–water partition coefficient (Wildman–Crippen LogP) is 5.57. The zero-order valence-corrected chi connectivity index (χ0v) is 16.2. The van der Waals surface area contributed by atoms with Crippen molar-refractivity contribution in [2.75, 3.05) is 26.9 Å². The summed E-state index contributed by atoms with van der Waals surface area (Å²) < 4.78 is 11.8. The summed E-state index contributed by atoms with van der Waals surface area (Å²) >= 11 is 18.3. The van der Waals surface area contributed by atoms with Crippen molar-refractivity contribution in [1.82, 2.24) is 4.57 Å². The number of ether oxygens (including phenoxy) is 2. The molecule has 3 rings (SSSR count). The number of carbonyl (C=O) groups is 1. The van der Waals surface area contributed by atoms with Gasteiger partial charge in [-0.2, -0.15) is 0 Å². The number of aromatic nitrogens is 1. The molecule has 0 fully saturated rings. The molecule has 0 unspecified atom stereocenters. The van der Waals surface area contributed by atoms with E-state index in [4.69, 9.17) is 44.3 Å². The van der Waals surface area contributed by atoms with Gasteiger partial charge < -0.3 is 9.47 Å². The molecule has 0 amide bonds. The van der Waals surface area contributed by atoms with Crippen molar-refractivity contribution in [3.8, 4) is 11.1 Å². The minimum absolute atomic E-state index is 0.0451. The van der Waals surface area contributed by atoms with Crippen LogP contribution in [0.4, 0.5) is 0 Å². The van der Waals surface area contributed by atoms with E-state index < -0.39 is 0 Å². The van der Waals surface area contributed by atoms with Crippen LogP contribution in [0.1, 0.15) is 4.79 Å². The molecule has 2 aromatic carbocycles. The van der Waals surface area contributed by atoms with Crippen molar-refractivity contribution in [1.29, 1.82) is 0 Å². The Kier molecular flexibility index (Phi) is 6.22. The minimum Gasteiger partial charge on any atom is -0.382 e. The molecule has 3 aromatic rings. The first-order valence-corrected chi connectivity index (χ1v) is 9.00. The number of hydrogen-bond acceptors (Lipinski definition) is 3. The first-order valence-electron chi connectivity index (χ1n) is 7.87. The molecule has 0 spiro atoms. The molecule has 0 aliphatic carbocycles. The van der Waals surface area contributed by atoms with Crippen molar-refractivity contribution in [2.45, 2.75) is 0 Å². The standard InChI is InChI=1S/C19H16Cl3NO3/c1-25-6-7-26-11-19(24)23-10-15(12-2-4-16(21)17(22)8-12)14-9-13(20)3-5-18(14)23/h2-5,8-10H,6-7,11H2,1H3.